The summed E-state index contributed by atoms with van der Waals surface area (Å²) in [7, 11) is 1.65. The van der Waals surface area contributed by atoms with Crippen molar-refractivity contribution < 1.29 is 9.47 Å². The zero-order valence-electron chi connectivity index (χ0n) is 17.0. The van der Waals surface area contributed by atoms with E-state index in [1.165, 1.54) is 6.33 Å². The molecular weight excluding hydrogens is 364 g/mol. The molecule has 0 unspecified atom stereocenters. The molecule has 2 aromatic carbocycles. The molecule has 6 nitrogen and oxygen atoms in total. The molecule has 4 rings (SSSR count). The van der Waals surface area contributed by atoms with Crippen LogP contribution in [0.1, 0.15) is 20.8 Å². The van der Waals surface area contributed by atoms with Crippen LogP contribution in [-0.4, -0.2) is 21.6 Å². The van der Waals surface area contributed by atoms with Gasteiger partial charge in [0.25, 0.3) is 0 Å². The number of anilines is 1. The van der Waals surface area contributed by atoms with Gasteiger partial charge in [-0.1, -0.05) is 18.2 Å². The molecule has 148 valence electrons. The van der Waals surface area contributed by atoms with Crippen LogP contribution >= 0.6 is 0 Å². The number of hydrogen-bond donors (Lipinski definition) is 1. The van der Waals surface area contributed by atoms with Gasteiger partial charge in [0.15, 0.2) is 0 Å². The van der Waals surface area contributed by atoms with Crippen molar-refractivity contribution in [1.82, 2.24) is 14.5 Å². The Morgan fingerprint density at radius 3 is 2.38 bits per heavy atom. The van der Waals surface area contributed by atoms with Gasteiger partial charge in [-0.25, -0.2) is 9.97 Å². The first-order valence-electron chi connectivity index (χ1n) is 9.42. The van der Waals surface area contributed by atoms with Gasteiger partial charge in [0, 0.05) is 28.9 Å². The summed E-state index contributed by atoms with van der Waals surface area (Å²) in [5, 5.41) is 0.817. The van der Waals surface area contributed by atoms with Gasteiger partial charge in [-0.15, -0.1) is 0 Å². The molecule has 6 heteroatoms. The Balaban J connectivity index is 1.86. The van der Waals surface area contributed by atoms with Crippen molar-refractivity contribution in [2.24, 2.45) is 0 Å². The lowest BCUT2D eigenvalue weighted by atomic mass is 10.0. The Kier molecular flexibility index (Phi) is 4.62. The summed E-state index contributed by atoms with van der Waals surface area (Å²) in [6.07, 6.45) is 3.56. The Morgan fingerprint density at radius 1 is 0.931 bits per heavy atom. The number of nitrogens with two attached hydrogens (primary N) is 1. The quantitative estimate of drug-likeness (QED) is 0.518. The first-order chi connectivity index (χ1) is 13.9. The molecule has 2 heterocycles. The highest BCUT2D eigenvalue weighted by atomic mass is 16.5. The van der Waals surface area contributed by atoms with Crippen molar-refractivity contribution in [2.45, 2.75) is 26.3 Å². The summed E-state index contributed by atoms with van der Waals surface area (Å²) >= 11 is 0. The number of nitrogen functional groups attached to an aromatic ring is 1. The molecule has 2 aromatic heterocycles. The molecule has 0 radical (unpaired) electrons. The van der Waals surface area contributed by atoms with E-state index < -0.39 is 0 Å². The second-order valence-electron chi connectivity index (χ2n) is 7.82. The molecule has 0 spiro atoms. The van der Waals surface area contributed by atoms with E-state index in [-0.39, 0.29) is 5.54 Å². The van der Waals surface area contributed by atoms with E-state index in [2.05, 4.69) is 41.5 Å². The minimum atomic E-state index is -0.166. The third-order valence-corrected chi connectivity index (χ3v) is 4.78. The lowest BCUT2D eigenvalue weighted by molar-refractivity contribution is 0.407. The molecule has 0 aliphatic carbocycles. The van der Waals surface area contributed by atoms with Crippen molar-refractivity contribution in [2.75, 3.05) is 12.8 Å². The van der Waals surface area contributed by atoms with Gasteiger partial charge in [-0.2, -0.15) is 0 Å². The maximum atomic E-state index is 6.24. The maximum absolute atomic E-state index is 6.24. The molecule has 0 fully saturated rings. The largest absolute Gasteiger partial charge is 0.496 e. The van der Waals surface area contributed by atoms with Crippen LogP contribution < -0.4 is 15.2 Å². The SMILES string of the molecule is COc1cc(Oc2ccccc2)ccc1-c1cn(C(C)(C)C)c2ncnc(N)c12. The second kappa shape index (κ2) is 7.13. The minimum absolute atomic E-state index is 0.166. The third kappa shape index (κ3) is 3.49. The van der Waals surface area contributed by atoms with Gasteiger partial charge in [0.1, 0.15) is 35.0 Å². The first-order valence-corrected chi connectivity index (χ1v) is 9.42. The minimum Gasteiger partial charge on any atom is -0.496 e. The van der Waals surface area contributed by atoms with E-state index in [0.29, 0.717) is 17.3 Å². The standard InChI is InChI=1S/C23H24N4O2/c1-23(2,3)27-13-18(20-21(24)25-14-26-22(20)27)17-11-10-16(12-19(17)28-4)29-15-8-6-5-7-9-15/h5-14H,1-4H3,(H2,24,25,26). The van der Waals surface area contributed by atoms with Crippen molar-refractivity contribution in [3.8, 4) is 28.4 Å². The molecule has 0 atom stereocenters. The Hall–Kier alpha value is -3.54. The zero-order valence-corrected chi connectivity index (χ0v) is 17.0. The molecule has 0 saturated carbocycles. The topological polar surface area (TPSA) is 75.2 Å². The highest BCUT2D eigenvalue weighted by Crippen LogP contribution is 2.41. The number of rotatable bonds is 4. The van der Waals surface area contributed by atoms with Crippen molar-refractivity contribution in [1.29, 1.82) is 0 Å². The van der Waals surface area contributed by atoms with Crippen LogP contribution in [0.4, 0.5) is 5.82 Å². The van der Waals surface area contributed by atoms with Gasteiger partial charge in [0.05, 0.1) is 12.5 Å². The van der Waals surface area contributed by atoms with Crippen molar-refractivity contribution in [3.63, 3.8) is 0 Å². The van der Waals surface area contributed by atoms with E-state index in [4.69, 9.17) is 15.2 Å². The fourth-order valence-electron chi connectivity index (χ4n) is 3.38. The lowest BCUT2D eigenvalue weighted by Gasteiger charge is -2.21. The molecule has 0 aliphatic rings. The van der Waals surface area contributed by atoms with Gasteiger partial charge < -0.3 is 19.8 Å². The summed E-state index contributed by atoms with van der Waals surface area (Å²) in [5.74, 6) is 2.60. The van der Waals surface area contributed by atoms with Crippen LogP contribution in [0.3, 0.4) is 0 Å². The molecule has 2 N–H and O–H groups in total. The van der Waals surface area contributed by atoms with Crippen molar-refractivity contribution in [3.05, 3.63) is 61.1 Å². The lowest BCUT2D eigenvalue weighted by Crippen LogP contribution is -2.21. The van der Waals surface area contributed by atoms with E-state index in [0.717, 1.165) is 27.9 Å². The summed E-state index contributed by atoms with van der Waals surface area (Å²) in [6.45, 7) is 6.38. The van der Waals surface area contributed by atoms with Gasteiger partial charge >= 0.3 is 0 Å². The number of hydrogen-bond acceptors (Lipinski definition) is 5. The molecule has 0 saturated heterocycles. The average molecular weight is 388 g/mol. The van der Waals surface area contributed by atoms with Gasteiger partial charge in [0.2, 0.25) is 0 Å². The summed E-state index contributed by atoms with van der Waals surface area (Å²) in [4.78, 5) is 8.70. The summed E-state index contributed by atoms with van der Waals surface area (Å²) in [5.41, 5.74) is 8.71. The molecule has 0 aliphatic heterocycles. The van der Waals surface area contributed by atoms with E-state index >= 15 is 0 Å². The number of benzene rings is 2. The van der Waals surface area contributed by atoms with Crippen LogP contribution in [0.2, 0.25) is 0 Å². The fraction of sp³-hybridized carbons (Fsp3) is 0.217. The number of fused-ring (bicyclic) bond motifs is 1. The third-order valence-electron chi connectivity index (χ3n) is 4.78. The van der Waals surface area contributed by atoms with E-state index in [9.17, 15) is 0 Å². The molecular formula is C23H24N4O2. The molecule has 0 bridgehead atoms. The monoisotopic (exact) mass is 388 g/mol. The Labute approximate surface area is 169 Å². The zero-order chi connectivity index (χ0) is 20.6. The highest BCUT2D eigenvalue weighted by Gasteiger charge is 2.23. The van der Waals surface area contributed by atoms with Crippen LogP contribution in [0.5, 0.6) is 17.2 Å². The predicted octanol–water partition coefficient (Wildman–Crippen LogP) is 5.24. The summed E-state index contributed by atoms with van der Waals surface area (Å²) in [6, 6.07) is 15.4. The van der Waals surface area contributed by atoms with Crippen molar-refractivity contribution >= 4 is 16.9 Å². The average Bonchev–Trinajstić information content (AvgIpc) is 3.10. The second-order valence-corrected chi connectivity index (χ2v) is 7.82. The normalized spacial score (nSPS) is 11.6. The Bertz CT molecular complexity index is 1160. The predicted molar refractivity (Wildman–Crippen MR) is 115 cm³/mol. The van der Waals surface area contributed by atoms with Crippen LogP contribution in [0, 0.1) is 0 Å². The molecule has 0 amide bonds. The molecule has 29 heavy (non-hydrogen) atoms. The van der Waals surface area contributed by atoms with Crippen LogP contribution in [-0.2, 0) is 5.54 Å². The number of aromatic nitrogens is 3. The van der Waals surface area contributed by atoms with Gasteiger partial charge in [-0.3, -0.25) is 0 Å². The van der Waals surface area contributed by atoms with E-state index in [1.54, 1.807) is 7.11 Å². The van der Waals surface area contributed by atoms with Crippen LogP contribution in [0.15, 0.2) is 61.1 Å². The van der Waals surface area contributed by atoms with Crippen LogP contribution in [0.25, 0.3) is 22.2 Å². The van der Waals surface area contributed by atoms with Gasteiger partial charge in [-0.05, 0) is 45.0 Å². The van der Waals surface area contributed by atoms with E-state index in [1.807, 2.05) is 48.5 Å². The highest BCUT2D eigenvalue weighted by molar-refractivity contribution is 6.02. The summed E-state index contributed by atoms with van der Waals surface area (Å²) < 4.78 is 13.8. The first kappa shape index (κ1) is 18.8. The maximum Gasteiger partial charge on any atom is 0.146 e. The fourth-order valence-corrected chi connectivity index (χ4v) is 3.38. The smallest absolute Gasteiger partial charge is 0.146 e. The Morgan fingerprint density at radius 2 is 1.69 bits per heavy atom. The molecule has 4 aromatic rings. The number of ether oxygens (including phenoxy) is 2. The number of nitrogens with zero attached hydrogens (tertiary/aromatic N) is 3. The number of para-hydroxylation sites is 1. The number of methoxy groups -OCH3 is 1.